The largest absolute Gasteiger partial charge is 0.283 e. The zero-order valence-corrected chi connectivity index (χ0v) is 12.3. The Balaban J connectivity index is 2.24. The van der Waals surface area contributed by atoms with E-state index in [1.807, 2.05) is 0 Å². The second-order valence-corrected chi connectivity index (χ2v) is 5.29. The fourth-order valence-electron chi connectivity index (χ4n) is 2.33. The van der Waals surface area contributed by atoms with E-state index in [-0.39, 0.29) is 26.9 Å². The van der Waals surface area contributed by atoms with Crippen LogP contribution in [0.5, 0.6) is 0 Å². The molecule has 0 unspecified atom stereocenters. The maximum atomic E-state index is 12.5. The van der Waals surface area contributed by atoms with Crippen molar-refractivity contribution in [3.63, 3.8) is 0 Å². The van der Waals surface area contributed by atoms with Crippen LogP contribution in [-0.4, -0.2) is 16.7 Å². The molecular formula is C14H6Cl2N2O4. The zero-order chi connectivity index (χ0) is 16.0. The Kier molecular flexibility index (Phi) is 3.35. The normalized spacial score (nSPS) is 13.5. The number of fused-ring (bicyclic) bond motifs is 1. The van der Waals surface area contributed by atoms with Crippen LogP contribution in [0, 0.1) is 10.1 Å². The molecule has 0 aliphatic carbocycles. The fraction of sp³-hybridized carbons (Fsp3) is 0. The summed E-state index contributed by atoms with van der Waals surface area (Å²) in [6, 6.07) is 8.38. The van der Waals surface area contributed by atoms with Gasteiger partial charge in [0, 0.05) is 6.07 Å². The minimum atomic E-state index is -0.817. The van der Waals surface area contributed by atoms with Crippen molar-refractivity contribution in [2.75, 3.05) is 4.90 Å². The SMILES string of the molecule is O=C1c2cccc([N+](=O)[O-])c2C(=O)N1c1c(Cl)cccc1Cl. The van der Waals surface area contributed by atoms with Crippen molar-refractivity contribution in [2.45, 2.75) is 0 Å². The third-order valence-corrected chi connectivity index (χ3v) is 3.86. The number of nitro benzene ring substituents is 1. The van der Waals surface area contributed by atoms with E-state index < -0.39 is 22.4 Å². The highest BCUT2D eigenvalue weighted by Gasteiger charge is 2.43. The third-order valence-electron chi connectivity index (χ3n) is 3.25. The molecule has 0 saturated heterocycles. The smallest absolute Gasteiger partial charge is 0.268 e. The number of halogens is 2. The number of rotatable bonds is 2. The average Bonchev–Trinajstić information content (AvgIpc) is 2.72. The number of carbonyl (C=O) groups excluding carboxylic acids is 2. The number of anilines is 1. The molecule has 0 N–H and O–H groups in total. The molecule has 0 saturated carbocycles. The molecular weight excluding hydrogens is 331 g/mol. The summed E-state index contributed by atoms with van der Waals surface area (Å²) in [6.45, 7) is 0. The van der Waals surface area contributed by atoms with E-state index in [1.165, 1.54) is 30.3 Å². The first-order chi connectivity index (χ1) is 10.4. The van der Waals surface area contributed by atoms with Gasteiger partial charge in [-0.05, 0) is 18.2 Å². The predicted octanol–water partition coefficient (Wildman–Crippen LogP) is 3.70. The minimum Gasteiger partial charge on any atom is -0.268 e. The van der Waals surface area contributed by atoms with E-state index in [0.29, 0.717) is 0 Å². The van der Waals surface area contributed by atoms with E-state index in [4.69, 9.17) is 23.2 Å². The van der Waals surface area contributed by atoms with E-state index in [2.05, 4.69) is 0 Å². The van der Waals surface area contributed by atoms with Gasteiger partial charge in [-0.15, -0.1) is 0 Å². The summed E-state index contributed by atoms with van der Waals surface area (Å²) in [4.78, 5) is 36.1. The number of para-hydroxylation sites is 1. The Morgan fingerprint density at radius 3 is 2.14 bits per heavy atom. The van der Waals surface area contributed by atoms with Crippen LogP contribution in [-0.2, 0) is 0 Å². The Bertz CT molecular complexity index is 830. The van der Waals surface area contributed by atoms with Gasteiger partial charge in [0.25, 0.3) is 17.5 Å². The molecule has 0 fully saturated rings. The van der Waals surface area contributed by atoms with Crippen molar-refractivity contribution < 1.29 is 14.5 Å². The lowest BCUT2D eigenvalue weighted by molar-refractivity contribution is -0.385. The van der Waals surface area contributed by atoms with E-state index in [9.17, 15) is 19.7 Å². The molecule has 0 spiro atoms. The zero-order valence-electron chi connectivity index (χ0n) is 10.7. The van der Waals surface area contributed by atoms with Crippen LogP contribution >= 0.6 is 23.2 Å². The predicted molar refractivity (Wildman–Crippen MR) is 80.7 cm³/mol. The van der Waals surface area contributed by atoms with Gasteiger partial charge in [-0.2, -0.15) is 0 Å². The number of hydrogen-bond donors (Lipinski definition) is 0. The fourth-order valence-corrected chi connectivity index (χ4v) is 2.89. The van der Waals surface area contributed by atoms with Crippen molar-refractivity contribution in [1.29, 1.82) is 0 Å². The Morgan fingerprint density at radius 1 is 0.955 bits per heavy atom. The van der Waals surface area contributed by atoms with Crippen molar-refractivity contribution in [1.82, 2.24) is 0 Å². The Labute approximate surface area is 134 Å². The van der Waals surface area contributed by atoms with Crippen molar-refractivity contribution >= 4 is 46.4 Å². The van der Waals surface area contributed by atoms with Crippen molar-refractivity contribution in [3.05, 3.63) is 67.7 Å². The third kappa shape index (κ3) is 1.96. The summed E-state index contributed by atoms with van der Waals surface area (Å²) in [7, 11) is 0. The lowest BCUT2D eigenvalue weighted by Crippen LogP contribution is -2.30. The number of carbonyl (C=O) groups is 2. The molecule has 0 bridgehead atoms. The maximum Gasteiger partial charge on any atom is 0.283 e. The summed E-state index contributed by atoms with van der Waals surface area (Å²) < 4.78 is 0. The van der Waals surface area contributed by atoms with E-state index in [0.717, 1.165) is 4.90 Å². The van der Waals surface area contributed by atoms with Gasteiger partial charge in [-0.3, -0.25) is 19.7 Å². The molecule has 1 aliphatic rings. The number of amides is 2. The number of nitro groups is 1. The summed E-state index contributed by atoms with van der Waals surface area (Å²) in [5, 5.41) is 11.3. The Morgan fingerprint density at radius 2 is 1.55 bits per heavy atom. The monoisotopic (exact) mass is 336 g/mol. The van der Waals surface area contributed by atoms with Crippen molar-refractivity contribution in [2.24, 2.45) is 0 Å². The molecule has 0 radical (unpaired) electrons. The van der Waals surface area contributed by atoms with Crippen molar-refractivity contribution in [3.8, 4) is 0 Å². The molecule has 6 nitrogen and oxygen atoms in total. The molecule has 22 heavy (non-hydrogen) atoms. The van der Waals surface area contributed by atoms with Gasteiger partial charge >= 0.3 is 0 Å². The summed E-state index contributed by atoms with van der Waals surface area (Å²) >= 11 is 12.0. The average molecular weight is 337 g/mol. The lowest BCUT2D eigenvalue weighted by Gasteiger charge is -2.16. The second kappa shape index (κ2) is 5.08. The maximum absolute atomic E-state index is 12.5. The summed E-state index contributed by atoms with van der Waals surface area (Å²) in [5.41, 5.74) is -0.712. The molecule has 2 aromatic carbocycles. The quantitative estimate of drug-likeness (QED) is 0.475. The van der Waals surface area contributed by atoms with Crippen LogP contribution in [0.4, 0.5) is 11.4 Å². The molecule has 2 aromatic rings. The highest BCUT2D eigenvalue weighted by molar-refractivity contribution is 6.45. The topological polar surface area (TPSA) is 80.5 Å². The van der Waals surface area contributed by atoms with Gasteiger partial charge in [0.2, 0.25) is 0 Å². The van der Waals surface area contributed by atoms with Crippen LogP contribution < -0.4 is 4.90 Å². The minimum absolute atomic E-state index is 0.0198. The van der Waals surface area contributed by atoms with Gasteiger partial charge in [0.1, 0.15) is 5.56 Å². The Hall–Kier alpha value is -2.44. The molecule has 2 amide bonds. The van der Waals surface area contributed by atoms with Crippen LogP contribution in [0.3, 0.4) is 0 Å². The van der Waals surface area contributed by atoms with Crippen LogP contribution in [0.15, 0.2) is 36.4 Å². The van der Waals surface area contributed by atoms with E-state index in [1.54, 1.807) is 6.07 Å². The van der Waals surface area contributed by atoms with Gasteiger partial charge in [0.15, 0.2) is 0 Å². The van der Waals surface area contributed by atoms with Crippen LogP contribution in [0.1, 0.15) is 20.7 Å². The lowest BCUT2D eigenvalue weighted by atomic mass is 10.1. The molecule has 0 atom stereocenters. The molecule has 0 aromatic heterocycles. The number of imide groups is 1. The summed E-state index contributed by atoms with van der Waals surface area (Å²) in [6.07, 6.45) is 0. The first-order valence-electron chi connectivity index (χ1n) is 6.03. The first-order valence-corrected chi connectivity index (χ1v) is 6.79. The summed E-state index contributed by atoms with van der Waals surface area (Å²) in [5.74, 6) is -1.51. The number of hydrogen-bond acceptors (Lipinski definition) is 4. The van der Waals surface area contributed by atoms with Gasteiger partial charge in [-0.25, -0.2) is 4.90 Å². The number of nitrogens with zero attached hydrogens (tertiary/aromatic N) is 2. The first kappa shape index (κ1) is 14.5. The highest BCUT2D eigenvalue weighted by atomic mass is 35.5. The van der Waals surface area contributed by atoms with Gasteiger partial charge in [0.05, 0.1) is 26.2 Å². The standard InChI is InChI=1S/C14H6Cl2N2O4/c15-8-4-2-5-9(16)12(8)17-13(19)7-3-1-6-10(18(21)22)11(7)14(17)20/h1-6H. The molecule has 3 rings (SSSR count). The highest BCUT2D eigenvalue weighted by Crippen LogP contribution is 2.40. The van der Waals surface area contributed by atoms with Gasteiger partial charge < -0.3 is 0 Å². The van der Waals surface area contributed by atoms with Crippen LogP contribution in [0.2, 0.25) is 10.0 Å². The number of benzene rings is 2. The molecule has 8 heteroatoms. The molecule has 1 heterocycles. The molecule has 110 valence electrons. The van der Waals surface area contributed by atoms with E-state index >= 15 is 0 Å². The van der Waals surface area contributed by atoms with Gasteiger partial charge in [-0.1, -0.05) is 35.3 Å². The molecule has 1 aliphatic heterocycles. The van der Waals surface area contributed by atoms with Crippen LogP contribution in [0.25, 0.3) is 0 Å². The second-order valence-electron chi connectivity index (χ2n) is 4.47.